The third-order valence-electron chi connectivity index (χ3n) is 3.82. The molecular formula is C17H25N3O3. The third-order valence-corrected chi connectivity index (χ3v) is 3.82. The number of nitrogens with one attached hydrogen (secondary N) is 2. The van der Waals surface area contributed by atoms with E-state index in [1.807, 2.05) is 30.9 Å². The van der Waals surface area contributed by atoms with Crippen LogP contribution < -0.4 is 15.4 Å². The van der Waals surface area contributed by atoms with Crippen molar-refractivity contribution in [2.24, 2.45) is 0 Å². The van der Waals surface area contributed by atoms with E-state index in [1.165, 1.54) is 0 Å². The summed E-state index contributed by atoms with van der Waals surface area (Å²) in [7, 11) is 1.60. The largest absolute Gasteiger partial charge is 0.497 e. The summed E-state index contributed by atoms with van der Waals surface area (Å²) in [5, 5.41) is 5.78. The summed E-state index contributed by atoms with van der Waals surface area (Å²) in [4.78, 5) is 26.3. The Balaban J connectivity index is 1.92. The standard InChI is InChI=1S/C17H25N3O3/c1-12(2)18-16(21)11-20-10-4-5-15(20)17(22)19-13-6-8-14(23-3)9-7-13/h6-9,12,15H,4-5,10-11H2,1-3H3,(H,18,21)(H,19,22). The van der Waals surface area contributed by atoms with Crippen molar-refractivity contribution in [3.8, 4) is 5.75 Å². The summed E-state index contributed by atoms with van der Waals surface area (Å²) in [6, 6.07) is 7.07. The van der Waals surface area contributed by atoms with Gasteiger partial charge in [0.25, 0.3) is 0 Å². The average Bonchev–Trinajstić information content (AvgIpc) is 2.95. The van der Waals surface area contributed by atoms with E-state index in [0.29, 0.717) is 0 Å². The molecule has 2 rings (SSSR count). The lowest BCUT2D eigenvalue weighted by atomic mass is 10.2. The number of carbonyl (C=O) groups excluding carboxylic acids is 2. The lowest BCUT2D eigenvalue weighted by Crippen LogP contribution is -2.46. The highest BCUT2D eigenvalue weighted by Crippen LogP contribution is 2.20. The molecule has 1 aromatic rings. The van der Waals surface area contributed by atoms with Crippen LogP contribution >= 0.6 is 0 Å². The SMILES string of the molecule is COc1ccc(NC(=O)C2CCCN2CC(=O)NC(C)C)cc1. The minimum atomic E-state index is -0.255. The van der Waals surface area contributed by atoms with Gasteiger partial charge in [-0.2, -0.15) is 0 Å². The number of anilines is 1. The smallest absolute Gasteiger partial charge is 0.241 e. The molecule has 2 N–H and O–H groups in total. The third kappa shape index (κ3) is 4.96. The Bertz CT molecular complexity index is 543. The zero-order chi connectivity index (χ0) is 16.8. The summed E-state index contributed by atoms with van der Waals surface area (Å²) < 4.78 is 5.10. The van der Waals surface area contributed by atoms with E-state index < -0.39 is 0 Å². The van der Waals surface area contributed by atoms with E-state index in [9.17, 15) is 9.59 Å². The Morgan fingerprint density at radius 3 is 2.61 bits per heavy atom. The van der Waals surface area contributed by atoms with E-state index >= 15 is 0 Å². The van der Waals surface area contributed by atoms with Crippen LogP contribution in [0.25, 0.3) is 0 Å². The van der Waals surface area contributed by atoms with Crippen LogP contribution in [-0.4, -0.2) is 49.0 Å². The molecule has 1 unspecified atom stereocenters. The molecule has 0 spiro atoms. The van der Waals surface area contributed by atoms with Crippen molar-refractivity contribution < 1.29 is 14.3 Å². The van der Waals surface area contributed by atoms with Crippen molar-refractivity contribution in [3.63, 3.8) is 0 Å². The molecular weight excluding hydrogens is 294 g/mol. The topological polar surface area (TPSA) is 70.7 Å². The number of likely N-dealkylation sites (tertiary alicyclic amines) is 1. The predicted octanol–water partition coefficient (Wildman–Crippen LogP) is 1.62. The summed E-state index contributed by atoms with van der Waals surface area (Å²) >= 11 is 0. The molecule has 0 saturated carbocycles. The summed E-state index contributed by atoms with van der Waals surface area (Å²) in [6.45, 7) is 4.89. The fraction of sp³-hybridized carbons (Fsp3) is 0.529. The first-order valence-corrected chi connectivity index (χ1v) is 7.98. The Kier molecular flexibility index (Phi) is 5.98. The van der Waals surface area contributed by atoms with Crippen LogP contribution in [0.15, 0.2) is 24.3 Å². The zero-order valence-electron chi connectivity index (χ0n) is 14.0. The normalized spacial score (nSPS) is 18.0. The molecule has 1 aliphatic rings. The summed E-state index contributed by atoms with van der Waals surface area (Å²) in [6.07, 6.45) is 1.70. The first kappa shape index (κ1) is 17.3. The van der Waals surface area contributed by atoms with Crippen LogP contribution in [0.5, 0.6) is 5.75 Å². The number of hydrogen-bond donors (Lipinski definition) is 2. The number of carbonyl (C=O) groups is 2. The zero-order valence-corrected chi connectivity index (χ0v) is 14.0. The number of rotatable bonds is 6. The van der Waals surface area contributed by atoms with Crippen LogP contribution in [0.3, 0.4) is 0 Å². The quantitative estimate of drug-likeness (QED) is 0.836. The van der Waals surface area contributed by atoms with E-state index in [4.69, 9.17) is 4.74 Å². The number of ether oxygens (including phenoxy) is 1. The minimum Gasteiger partial charge on any atom is -0.497 e. The van der Waals surface area contributed by atoms with Crippen LogP contribution in [-0.2, 0) is 9.59 Å². The molecule has 1 aromatic carbocycles. The molecule has 2 amide bonds. The molecule has 6 nitrogen and oxygen atoms in total. The molecule has 1 saturated heterocycles. The Labute approximate surface area is 137 Å². The van der Waals surface area contributed by atoms with Gasteiger partial charge >= 0.3 is 0 Å². The second kappa shape index (κ2) is 7.97. The number of hydrogen-bond acceptors (Lipinski definition) is 4. The van der Waals surface area contributed by atoms with Crippen molar-refractivity contribution in [3.05, 3.63) is 24.3 Å². The van der Waals surface area contributed by atoms with Gasteiger partial charge in [0.15, 0.2) is 0 Å². The summed E-state index contributed by atoms with van der Waals surface area (Å²) in [5.41, 5.74) is 0.731. The van der Waals surface area contributed by atoms with Crippen molar-refractivity contribution in [2.75, 3.05) is 25.5 Å². The lowest BCUT2D eigenvalue weighted by molar-refractivity contribution is -0.125. The van der Waals surface area contributed by atoms with E-state index in [-0.39, 0.29) is 30.4 Å². The molecule has 1 heterocycles. The predicted molar refractivity (Wildman–Crippen MR) is 89.5 cm³/mol. The lowest BCUT2D eigenvalue weighted by Gasteiger charge is -2.23. The van der Waals surface area contributed by atoms with Crippen molar-refractivity contribution >= 4 is 17.5 Å². The molecule has 0 aromatic heterocycles. The second-order valence-corrected chi connectivity index (χ2v) is 6.07. The van der Waals surface area contributed by atoms with Crippen molar-refractivity contribution in [1.82, 2.24) is 10.2 Å². The maximum absolute atomic E-state index is 12.5. The highest BCUT2D eigenvalue weighted by molar-refractivity contribution is 5.95. The summed E-state index contributed by atoms with van der Waals surface area (Å²) in [5.74, 6) is 0.644. The van der Waals surface area contributed by atoms with Gasteiger partial charge in [-0.1, -0.05) is 0 Å². The van der Waals surface area contributed by atoms with Gasteiger partial charge in [0.2, 0.25) is 11.8 Å². The Morgan fingerprint density at radius 1 is 1.30 bits per heavy atom. The Morgan fingerprint density at radius 2 is 2.00 bits per heavy atom. The number of amides is 2. The number of benzene rings is 1. The van der Waals surface area contributed by atoms with Crippen LogP contribution in [0, 0.1) is 0 Å². The number of methoxy groups -OCH3 is 1. The van der Waals surface area contributed by atoms with Gasteiger partial charge < -0.3 is 15.4 Å². The molecule has 126 valence electrons. The van der Waals surface area contributed by atoms with Gasteiger partial charge in [-0.05, 0) is 57.5 Å². The van der Waals surface area contributed by atoms with Gasteiger partial charge in [0.05, 0.1) is 19.7 Å². The van der Waals surface area contributed by atoms with Crippen LogP contribution in [0.1, 0.15) is 26.7 Å². The molecule has 1 atom stereocenters. The van der Waals surface area contributed by atoms with Gasteiger partial charge in [-0.15, -0.1) is 0 Å². The van der Waals surface area contributed by atoms with Gasteiger partial charge in [0.1, 0.15) is 5.75 Å². The maximum atomic E-state index is 12.5. The van der Waals surface area contributed by atoms with Gasteiger partial charge in [-0.25, -0.2) is 0 Å². The van der Waals surface area contributed by atoms with Gasteiger partial charge in [0, 0.05) is 11.7 Å². The number of nitrogens with zero attached hydrogens (tertiary/aromatic N) is 1. The highest BCUT2D eigenvalue weighted by atomic mass is 16.5. The maximum Gasteiger partial charge on any atom is 0.241 e. The monoisotopic (exact) mass is 319 g/mol. The first-order chi connectivity index (χ1) is 11.0. The van der Waals surface area contributed by atoms with Crippen LogP contribution in [0.4, 0.5) is 5.69 Å². The van der Waals surface area contributed by atoms with E-state index in [1.54, 1.807) is 19.2 Å². The van der Waals surface area contributed by atoms with E-state index in [0.717, 1.165) is 30.8 Å². The molecule has 0 aliphatic carbocycles. The molecule has 23 heavy (non-hydrogen) atoms. The highest BCUT2D eigenvalue weighted by Gasteiger charge is 2.31. The fourth-order valence-corrected chi connectivity index (χ4v) is 2.76. The van der Waals surface area contributed by atoms with Crippen molar-refractivity contribution in [1.29, 1.82) is 0 Å². The minimum absolute atomic E-state index is 0.0378. The molecule has 6 heteroatoms. The average molecular weight is 319 g/mol. The molecule has 0 bridgehead atoms. The van der Waals surface area contributed by atoms with Crippen LogP contribution in [0.2, 0.25) is 0 Å². The van der Waals surface area contributed by atoms with E-state index in [2.05, 4.69) is 10.6 Å². The molecule has 0 radical (unpaired) electrons. The molecule has 1 fully saturated rings. The molecule has 1 aliphatic heterocycles. The Hall–Kier alpha value is -2.08. The van der Waals surface area contributed by atoms with Gasteiger partial charge in [-0.3, -0.25) is 14.5 Å². The fourth-order valence-electron chi connectivity index (χ4n) is 2.76. The second-order valence-electron chi connectivity index (χ2n) is 6.07. The van der Waals surface area contributed by atoms with Crippen molar-refractivity contribution in [2.45, 2.75) is 38.8 Å². The first-order valence-electron chi connectivity index (χ1n) is 7.98.